The van der Waals surface area contributed by atoms with E-state index < -0.39 is 0 Å². The van der Waals surface area contributed by atoms with E-state index in [1.54, 1.807) is 0 Å². The Balaban J connectivity index is 1.36. The number of para-hydroxylation sites is 1. The van der Waals surface area contributed by atoms with Crippen molar-refractivity contribution < 1.29 is 9.47 Å². The number of hydrogen-bond acceptors (Lipinski definition) is 4. The normalized spacial score (nSPS) is 16.3. The van der Waals surface area contributed by atoms with Crippen LogP contribution >= 0.6 is 11.6 Å². The van der Waals surface area contributed by atoms with Crippen molar-refractivity contribution in [2.75, 3.05) is 20.1 Å². The Labute approximate surface area is 218 Å². The second-order valence-corrected chi connectivity index (χ2v) is 10.2. The lowest BCUT2D eigenvalue weighted by atomic mass is 9.94. The molecule has 0 saturated carbocycles. The number of ether oxygens (including phenoxy) is 2. The maximum atomic E-state index is 6.22. The zero-order chi connectivity index (χ0) is 24.7. The van der Waals surface area contributed by atoms with Gasteiger partial charge in [-0.15, -0.1) is 0 Å². The van der Waals surface area contributed by atoms with Crippen molar-refractivity contribution in [1.82, 2.24) is 14.5 Å². The lowest BCUT2D eigenvalue weighted by Gasteiger charge is -2.29. The molecule has 0 aliphatic carbocycles. The largest absolute Gasteiger partial charge is 0.487 e. The first-order chi connectivity index (χ1) is 17.7. The van der Waals surface area contributed by atoms with Crippen molar-refractivity contribution in [2.45, 2.75) is 45.4 Å². The van der Waals surface area contributed by atoms with Crippen LogP contribution in [0.4, 0.5) is 0 Å². The molecule has 4 aromatic rings. The number of nitrogens with zero attached hydrogens (tertiary/aromatic N) is 3. The molecule has 0 N–H and O–H groups in total. The van der Waals surface area contributed by atoms with E-state index >= 15 is 0 Å². The predicted octanol–water partition coefficient (Wildman–Crippen LogP) is 6.97. The van der Waals surface area contributed by atoms with E-state index in [-0.39, 0.29) is 0 Å². The van der Waals surface area contributed by atoms with Gasteiger partial charge >= 0.3 is 0 Å². The van der Waals surface area contributed by atoms with Crippen molar-refractivity contribution in [3.05, 3.63) is 89.2 Å². The second-order valence-electron chi connectivity index (χ2n) is 9.73. The van der Waals surface area contributed by atoms with Crippen LogP contribution in [0, 0.1) is 5.92 Å². The van der Waals surface area contributed by atoms with Gasteiger partial charge in [0.1, 0.15) is 36.1 Å². The van der Waals surface area contributed by atoms with Crippen LogP contribution in [0.15, 0.2) is 72.8 Å². The molecule has 1 saturated heterocycles. The molecule has 188 valence electrons. The van der Waals surface area contributed by atoms with E-state index in [1.165, 1.54) is 32.4 Å². The monoisotopic (exact) mass is 503 g/mol. The van der Waals surface area contributed by atoms with Gasteiger partial charge in [-0.05, 0) is 87.2 Å². The SMILES string of the molecule is CN1CCC[C@H](CCCn2c(COc3ccc(Cl)cc3)nc3c(OCc4ccccc4)cccc32)C1. The minimum Gasteiger partial charge on any atom is -0.487 e. The van der Waals surface area contributed by atoms with Crippen LogP contribution < -0.4 is 9.47 Å². The first kappa shape index (κ1) is 24.7. The Morgan fingerprint density at radius 2 is 1.78 bits per heavy atom. The van der Waals surface area contributed by atoms with Crippen LogP contribution in [-0.4, -0.2) is 34.6 Å². The number of halogens is 1. The van der Waals surface area contributed by atoms with Gasteiger partial charge in [0.25, 0.3) is 0 Å². The molecule has 5 nitrogen and oxygen atoms in total. The van der Waals surface area contributed by atoms with Gasteiger partial charge in [0.15, 0.2) is 0 Å². The van der Waals surface area contributed by atoms with Gasteiger partial charge in [0.2, 0.25) is 0 Å². The molecule has 3 aromatic carbocycles. The van der Waals surface area contributed by atoms with Crippen LogP contribution in [-0.2, 0) is 19.8 Å². The zero-order valence-electron chi connectivity index (χ0n) is 20.9. The smallest absolute Gasteiger partial charge is 0.148 e. The quantitative estimate of drug-likeness (QED) is 0.234. The summed E-state index contributed by atoms with van der Waals surface area (Å²) in [6.07, 6.45) is 4.98. The van der Waals surface area contributed by atoms with E-state index in [1.807, 2.05) is 48.5 Å². The summed E-state index contributed by atoms with van der Waals surface area (Å²) in [6.45, 7) is 4.24. The number of benzene rings is 3. The van der Waals surface area contributed by atoms with Gasteiger partial charge in [-0.1, -0.05) is 48.0 Å². The number of aromatic nitrogens is 2. The number of imidazole rings is 1. The highest BCUT2D eigenvalue weighted by Crippen LogP contribution is 2.29. The highest BCUT2D eigenvalue weighted by Gasteiger charge is 2.19. The highest BCUT2D eigenvalue weighted by atomic mass is 35.5. The van der Waals surface area contributed by atoms with Crippen molar-refractivity contribution in [1.29, 1.82) is 0 Å². The van der Waals surface area contributed by atoms with Gasteiger partial charge < -0.3 is 18.9 Å². The van der Waals surface area contributed by atoms with Gasteiger partial charge in [0, 0.05) is 18.1 Å². The van der Waals surface area contributed by atoms with Gasteiger partial charge in [-0.25, -0.2) is 4.98 Å². The Morgan fingerprint density at radius 1 is 0.944 bits per heavy atom. The highest BCUT2D eigenvalue weighted by molar-refractivity contribution is 6.30. The van der Waals surface area contributed by atoms with Crippen LogP contribution in [0.5, 0.6) is 11.5 Å². The molecule has 2 heterocycles. The molecule has 6 heteroatoms. The summed E-state index contributed by atoms with van der Waals surface area (Å²) in [4.78, 5) is 7.47. The molecular weight excluding hydrogens is 470 g/mol. The first-order valence-electron chi connectivity index (χ1n) is 12.9. The van der Waals surface area contributed by atoms with Crippen molar-refractivity contribution >= 4 is 22.6 Å². The third-order valence-corrected chi connectivity index (χ3v) is 7.21. The fourth-order valence-corrected chi connectivity index (χ4v) is 5.23. The molecule has 5 rings (SSSR count). The summed E-state index contributed by atoms with van der Waals surface area (Å²) in [5.41, 5.74) is 3.12. The van der Waals surface area contributed by atoms with Crippen molar-refractivity contribution in [3.63, 3.8) is 0 Å². The maximum absolute atomic E-state index is 6.22. The van der Waals surface area contributed by atoms with Gasteiger partial charge in [-0.2, -0.15) is 0 Å². The van der Waals surface area contributed by atoms with E-state index in [4.69, 9.17) is 26.1 Å². The maximum Gasteiger partial charge on any atom is 0.148 e. The molecule has 1 aliphatic rings. The lowest BCUT2D eigenvalue weighted by molar-refractivity contribution is 0.198. The van der Waals surface area contributed by atoms with Crippen LogP contribution in [0.1, 0.15) is 37.1 Å². The van der Waals surface area contributed by atoms with Crippen molar-refractivity contribution in [2.24, 2.45) is 5.92 Å². The fourth-order valence-electron chi connectivity index (χ4n) is 5.11. The number of hydrogen-bond donors (Lipinski definition) is 0. The summed E-state index contributed by atoms with van der Waals surface area (Å²) in [5, 5.41) is 0.697. The van der Waals surface area contributed by atoms with E-state index in [0.29, 0.717) is 18.2 Å². The molecule has 36 heavy (non-hydrogen) atoms. The van der Waals surface area contributed by atoms with E-state index in [2.05, 4.69) is 40.8 Å². The zero-order valence-corrected chi connectivity index (χ0v) is 21.7. The third-order valence-electron chi connectivity index (χ3n) is 6.96. The number of piperidine rings is 1. The summed E-state index contributed by atoms with van der Waals surface area (Å²) in [7, 11) is 2.23. The van der Waals surface area contributed by atoms with E-state index in [0.717, 1.165) is 52.8 Å². The first-order valence-corrected chi connectivity index (χ1v) is 13.3. The minimum absolute atomic E-state index is 0.389. The Bertz CT molecular complexity index is 1260. The number of likely N-dealkylation sites (tertiary alicyclic amines) is 1. The molecule has 1 fully saturated rings. The van der Waals surface area contributed by atoms with Crippen LogP contribution in [0.2, 0.25) is 5.02 Å². The Morgan fingerprint density at radius 3 is 2.58 bits per heavy atom. The summed E-state index contributed by atoms with van der Waals surface area (Å²) >= 11 is 6.04. The molecule has 1 atom stereocenters. The average molecular weight is 504 g/mol. The van der Waals surface area contributed by atoms with Crippen LogP contribution in [0.3, 0.4) is 0 Å². The second kappa shape index (κ2) is 11.8. The minimum atomic E-state index is 0.389. The summed E-state index contributed by atoms with van der Waals surface area (Å²) in [5.74, 6) is 3.27. The Hall–Kier alpha value is -3.02. The Kier molecular flexibility index (Phi) is 8.09. The standard InChI is InChI=1S/C30H34ClN3O2/c1-33-18-6-10-23(20-33)11-7-19-34-27-12-5-13-28(36-21-24-8-3-2-4-9-24)30(27)32-29(34)22-35-26-16-14-25(31)15-17-26/h2-5,8-9,12-17,23H,6-7,10-11,18-22H2,1H3/t23-/m1/s1. The van der Waals surface area contributed by atoms with Gasteiger partial charge in [-0.3, -0.25) is 0 Å². The average Bonchev–Trinajstić information content (AvgIpc) is 3.26. The summed E-state index contributed by atoms with van der Waals surface area (Å²) in [6, 6.07) is 23.9. The van der Waals surface area contributed by atoms with Crippen LogP contribution in [0.25, 0.3) is 11.0 Å². The summed E-state index contributed by atoms with van der Waals surface area (Å²) < 4.78 is 14.6. The van der Waals surface area contributed by atoms with Gasteiger partial charge in [0.05, 0.1) is 5.52 Å². The molecule has 1 aromatic heterocycles. The molecule has 0 spiro atoms. The molecule has 0 radical (unpaired) electrons. The van der Waals surface area contributed by atoms with E-state index in [9.17, 15) is 0 Å². The third kappa shape index (κ3) is 6.21. The number of aryl methyl sites for hydroxylation is 1. The topological polar surface area (TPSA) is 39.5 Å². The fraction of sp³-hybridized carbons (Fsp3) is 0.367. The molecule has 0 unspecified atom stereocenters. The number of fused-ring (bicyclic) bond motifs is 1. The predicted molar refractivity (Wildman–Crippen MR) is 146 cm³/mol. The van der Waals surface area contributed by atoms with Crippen molar-refractivity contribution in [3.8, 4) is 11.5 Å². The molecule has 0 bridgehead atoms. The molecule has 1 aliphatic heterocycles. The molecule has 0 amide bonds. The lowest BCUT2D eigenvalue weighted by Crippen LogP contribution is -2.32. The molecular formula is C30H34ClN3O2. The number of rotatable bonds is 10.